The number of anilines is 1. The van der Waals surface area contributed by atoms with E-state index in [9.17, 15) is 13.5 Å². The maximum atomic E-state index is 11.6. The maximum Gasteiger partial charge on any atom is 0.211 e. The first kappa shape index (κ1) is 24.4. The zero-order valence-electron chi connectivity index (χ0n) is 20.1. The molecule has 0 atom stereocenters. The van der Waals surface area contributed by atoms with Crippen molar-refractivity contribution in [1.82, 2.24) is 24.2 Å². The number of likely N-dealkylation sites (tertiary alicyclic amines) is 1. The number of hydrogen-bond acceptors (Lipinski definition) is 7. The summed E-state index contributed by atoms with van der Waals surface area (Å²) in [5, 5.41) is 14.0. The van der Waals surface area contributed by atoms with Crippen LogP contribution in [0.4, 0.5) is 5.95 Å². The van der Waals surface area contributed by atoms with Crippen LogP contribution in [0.1, 0.15) is 36.2 Å². The van der Waals surface area contributed by atoms with Gasteiger partial charge in [-0.1, -0.05) is 12.1 Å². The van der Waals surface area contributed by atoms with E-state index in [4.69, 9.17) is 4.98 Å². The summed E-state index contributed by atoms with van der Waals surface area (Å²) < 4.78 is 27.7. The molecule has 0 saturated carbocycles. The molecule has 34 heavy (non-hydrogen) atoms. The van der Waals surface area contributed by atoms with E-state index in [2.05, 4.69) is 43.5 Å². The second kappa shape index (κ2) is 10.3. The highest BCUT2D eigenvalue weighted by Crippen LogP contribution is 2.27. The molecule has 3 heterocycles. The van der Waals surface area contributed by atoms with Gasteiger partial charge in [0.1, 0.15) is 11.4 Å². The van der Waals surface area contributed by atoms with Crippen LogP contribution in [0.15, 0.2) is 30.3 Å². The number of aryl methyl sites for hydroxylation is 2. The van der Waals surface area contributed by atoms with Gasteiger partial charge in [0.2, 0.25) is 16.0 Å². The van der Waals surface area contributed by atoms with Crippen molar-refractivity contribution < 1.29 is 13.5 Å². The molecule has 3 N–H and O–H groups in total. The van der Waals surface area contributed by atoms with Gasteiger partial charge in [-0.05, 0) is 70.5 Å². The predicted octanol–water partition coefficient (Wildman–Crippen LogP) is 2.62. The molecule has 3 aromatic rings. The molecule has 0 spiro atoms. The van der Waals surface area contributed by atoms with E-state index in [0.717, 1.165) is 60.7 Å². The summed E-state index contributed by atoms with van der Waals surface area (Å²) >= 11 is 0. The molecule has 1 aromatic carbocycles. The highest BCUT2D eigenvalue weighted by atomic mass is 32.2. The first-order valence-corrected chi connectivity index (χ1v) is 13.4. The fourth-order valence-electron chi connectivity index (χ4n) is 4.49. The number of fused-ring (bicyclic) bond motifs is 1. The first-order chi connectivity index (χ1) is 16.3. The standard InChI is InChI=1S/C24H34N6O3S/c1-17-6-4-7-21-23(17)28-24(30(21)16-20-22(31)9-8-18(2)26-20)27-19-10-13-29(14-11-19)12-5-15-34(32,33)25-3/h4,6-9,19,25,31H,5,10-16H2,1-3H3,(H,27,28). The van der Waals surface area contributed by atoms with Gasteiger partial charge in [0.25, 0.3) is 0 Å². The van der Waals surface area contributed by atoms with Crippen LogP contribution in [0.5, 0.6) is 5.75 Å². The van der Waals surface area contributed by atoms with Gasteiger partial charge in [-0.3, -0.25) is 4.98 Å². The monoisotopic (exact) mass is 486 g/mol. The van der Waals surface area contributed by atoms with Crippen LogP contribution in [-0.2, 0) is 16.6 Å². The van der Waals surface area contributed by atoms with Gasteiger partial charge in [0, 0.05) is 24.8 Å². The molecule has 2 aromatic heterocycles. The molecule has 4 rings (SSSR count). The van der Waals surface area contributed by atoms with E-state index in [1.54, 1.807) is 12.1 Å². The Hall–Kier alpha value is -2.69. The minimum Gasteiger partial charge on any atom is -0.506 e. The third-order valence-electron chi connectivity index (χ3n) is 6.50. The van der Waals surface area contributed by atoms with Gasteiger partial charge in [-0.25, -0.2) is 18.1 Å². The lowest BCUT2D eigenvalue weighted by Crippen LogP contribution is -2.40. The lowest BCUT2D eigenvalue weighted by Gasteiger charge is -2.32. The van der Waals surface area contributed by atoms with Crippen LogP contribution in [-0.4, -0.2) is 71.4 Å². The zero-order chi connectivity index (χ0) is 24.3. The normalized spacial score (nSPS) is 15.7. The molecule has 0 bridgehead atoms. The van der Waals surface area contributed by atoms with Crippen molar-refractivity contribution in [3.63, 3.8) is 0 Å². The lowest BCUT2D eigenvalue weighted by atomic mass is 10.1. The summed E-state index contributed by atoms with van der Waals surface area (Å²) in [6.07, 6.45) is 2.53. The molecule has 9 nitrogen and oxygen atoms in total. The zero-order valence-corrected chi connectivity index (χ0v) is 20.9. The number of nitrogens with zero attached hydrogens (tertiary/aromatic N) is 4. The molecule has 0 unspecified atom stereocenters. The molecule has 0 amide bonds. The summed E-state index contributed by atoms with van der Waals surface area (Å²) in [5.41, 5.74) is 4.54. The van der Waals surface area contributed by atoms with Crippen LogP contribution in [0, 0.1) is 13.8 Å². The van der Waals surface area contributed by atoms with E-state index in [-0.39, 0.29) is 17.5 Å². The van der Waals surface area contributed by atoms with E-state index in [1.165, 1.54) is 7.05 Å². The largest absolute Gasteiger partial charge is 0.506 e. The molecule has 1 aliphatic heterocycles. The number of imidazole rings is 1. The quantitative estimate of drug-likeness (QED) is 0.426. The first-order valence-electron chi connectivity index (χ1n) is 11.8. The van der Waals surface area contributed by atoms with Crippen molar-refractivity contribution in [3.05, 3.63) is 47.3 Å². The molecule has 184 valence electrons. The Balaban J connectivity index is 1.47. The molecular formula is C24H34N6O3S. The molecule has 0 radical (unpaired) electrons. The molecule has 1 fully saturated rings. The smallest absolute Gasteiger partial charge is 0.211 e. The molecule has 10 heteroatoms. The van der Waals surface area contributed by atoms with Crippen LogP contribution in [0.2, 0.25) is 0 Å². The van der Waals surface area contributed by atoms with Gasteiger partial charge in [0.05, 0.1) is 23.3 Å². The van der Waals surface area contributed by atoms with Crippen molar-refractivity contribution >= 4 is 27.0 Å². The Bertz CT molecular complexity index is 1250. The van der Waals surface area contributed by atoms with E-state index < -0.39 is 10.0 Å². The number of para-hydroxylation sites is 1. The van der Waals surface area contributed by atoms with Gasteiger partial charge in [-0.2, -0.15) is 0 Å². The van der Waals surface area contributed by atoms with E-state index >= 15 is 0 Å². The van der Waals surface area contributed by atoms with Crippen molar-refractivity contribution in [2.24, 2.45) is 0 Å². The predicted molar refractivity (Wildman–Crippen MR) is 135 cm³/mol. The van der Waals surface area contributed by atoms with Crippen molar-refractivity contribution in [2.45, 2.75) is 45.7 Å². The van der Waals surface area contributed by atoms with Crippen LogP contribution >= 0.6 is 0 Å². The highest BCUT2D eigenvalue weighted by Gasteiger charge is 2.22. The number of piperidine rings is 1. The average Bonchev–Trinajstić information content (AvgIpc) is 3.15. The fraction of sp³-hybridized carbons (Fsp3) is 0.500. The summed E-state index contributed by atoms with van der Waals surface area (Å²) in [4.78, 5) is 11.8. The second-order valence-electron chi connectivity index (χ2n) is 9.02. The Kier molecular flexibility index (Phi) is 7.39. The van der Waals surface area contributed by atoms with Gasteiger partial charge in [-0.15, -0.1) is 0 Å². The summed E-state index contributed by atoms with van der Waals surface area (Å²) in [7, 11) is -1.69. The Labute approximate surface area is 201 Å². The Morgan fingerprint density at radius 1 is 1.12 bits per heavy atom. The maximum absolute atomic E-state index is 11.6. The number of pyridine rings is 1. The number of nitrogens with one attached hydrogen (secondary N) is 2. The van der Waals surface area contributed by atoms with Crippen molar-refractivity contribution in [1.29, 1.82) is 0 Å². The number of rotatable bonds is 9. The Morgan fingerprint density at radius 3 is 2.62 bits per heavy atom. The van der Waals surface area contributed by atoms with Crippen molar-refractivity contribution in [3.8, 4) is 5.75 Å². The van der Waals surface area contributed by atoms with Crippen LogP contribution < -0.4 is 10.0 Å². The molecular weight excluding hydrogens is 452 g/mol. The SMILES string of the molecule is CNS(=O)(=O)CCCN1CCC(Nc2nc3c(C)cccc3n2Cc2nc(C)ccc2O)CC1. The minimum atomic E-state index is -3.15. The fourth-order valence-corrected chi connectivity index (χ4v) is 5.20. The number of benzene rings is 1. The minimum absolute atomic E-state index is 0.158. The van der Waals surface area contributed by atoms with Gasteiger partial charge in [0.15, 0.2) is 0 Å². The second-order valence-corrected chi connectivity index (χ2v) is 11.1. The summed E-state index contributed by atoms with van der Waals surface area (Å²) in [6, 6.07) is 9.89. The summed E-state index contributed by atoms with van der Waals surface area (Å²) in [6.45, 7) is 7.00. The average molecular weight is 487 g/mol. The van der Waals surface area contributed by atoms with E-state index in [0.29, 0.717) is 18.7 Å². The number of aromatic nitrogens is 3. The third kappa shape index (κ3) is 5.68. The van der Waals surface area contributed by atoms with Gasteiger partial charge >= 0.3 is 0 Å². The molecule has 1 aliphatic rings. The third-order valence-corrected chi connectivity index (χ3v) is 7.95. The van der Waals surface area contributed by atoms with Crippen molar-refractivity contribution in [2.75, 3.05) is 37.8 Å². The highest BCUT2D eigenvalue weighted by molar-refractivity contribution is 7.89. The van der Waals surface area contributed by atoms with Crippen LogP contribution in [0.3, 0.4) is 0 Å². The molecule has 0 aliphatic carbocycles. The number of hydrogen-bond donors (Lipinski definition) is 3. The van der Waals surface area contributed by atoms with Crippen LogP contribution in [0.25, 0.3) is 11.0 Å². The molecule has 1 saturated heterocycles. The topological polar surface area (TPSA) is 112 Å². The van der Waals surface area contributed by atoms with Gasteiger partial charge < -0.3 is 19.9 Å². The Morgan fingerprint density at radius 2 is 1.88 bits per heavy atom. The lowest BCUT2D eigenvalue weighted by molar-refractivity contribution is 0.219. The van der Waals surface area contributed by atoms with E-state index in [1.807, 2.05) is 13.0 Å². The number of sulfonamides is 1. The number of aromatic hydroxyl groups is 1. The summed E-state index contributed by atoms with van der Waals surface area (Å²) in [5.74, 6) is 1.12.